The fraction of sp³-hybridized carbons (Fsp3) is 0.286. The Morgan fingerprint density at radius 3 is 2.42 bits per heavy atom. The van der Waals surface area contributed by atoms with Crippen molar-refractivity contribution in [1.82, 2.24) is 15.5 Å². The minimum Gasteiger partial charge on any atom is -0.506 e. The molecule has 0 bridgehead atoms. The molecule has 0 saturated carbocycles. The first-order valence-electron chi connectivity index (χ1n) is 14.5. The van der Waals surface area contributed by atoms with Crippen LogP contribution >= 0.6 is 11.6 Å². The highest BCUT2D eigenvalue weighted by Gasteiger charge is 2.23. The number of rotatable bonds is 13. The average Bonchev–Trinajstić information content (AvgIpc) is 3.01. The van der Waals surface area contributed by atoms with Gasteiger partial charge in [-0.2, -0.15) is 0 Å². The number of carbonyl (C=O) groups excluding carboxylic acids is 1. The Morgan fingerprint density at radius 2 is 1.74 bits per heavy atom. The number of phenols is 1. The van der Waals surface area contributed by atoms with Crippen molar-refractivity contribution in [3.8, 4) is 5.75 Å². The van der Waals surface area contributed by atoms with Gasteiger partial charge in [-0.3, -0.25) is 5.32 Å². The maximum Gasteiger partial charge on any atom is 0.411 e. The second kappa shape index (κ2) is 16.1. The standard InChI is InChI=1S/C35H39ClFN3O3/c1-3-7-33(25(2)28-8-5-4-6-9-28)39-35(42)43-31-16-20-40(21-17-31)19-15-27-12-10-26(11-13-27)14-18-38-24-29-22-30(37)23-32(36)34(29)41/h3-13,22-23,31,38,41H,1-2,14-21,24H2,(H,39,42)/b33-7+. The molecular formula is C35H39ClFN3O3. The van der Waals surface area contributed by atoms with Crippen LogP contribution in [-0.2, 0) is 24.1 Å². The minimum absolute atomic E-state index is 0.0187. The highest BCUT2D eigenvalue weighted by molar-refractivity contribution is 6.32. The average molecular weight is 604 g/mol. The van der Waals surface area contributed by atoms with Crippen molar-refractivity contribution in [3.63, 3.8) is 0 Å². The predicted molar refractivity (Wildman–Crippen MR) is 171 cm³/mol. The number of hydrogen-bond acceptors (Lipinski definition) is 5. The Hall–Kier alpha value is -3.91. The van der Waals surface area contributed by atoms with Gasteiger partial charge >= 0.3 is 6.09 Å². The van der Waals surface area contributed by atoms with E-state index in [-0.39, 0.29) is 16.9 Å². The second-order valence-electron chi connectivity index (χ2n) is 10.6. The van der Waals surface area contributed by atoms with Crippen molar-refractivity contribution >= 4 is 23.3 Å². The molecule has 0 spiro atoms. The van der Waals surface area contributed by atoms with Crippen LogP contribution in [0.15, 0.2) is 97.7 Å². The molecule has 4 rings (SSSR count). The third kappa shape index (κ3) is 9.82. The molecule has 1 aliphatic rings. The first-order chi connectivity index (χ1) is 20.8. The van der Waals surface area contributed by atoms with Crippen molar-refractivity contribution in [2.24, 2.45) is 0 Å². The lowest BCUT2D eigenvalue weighted by atomic mass is 10.0. The van der Waals surface area contributed by atoms with Crippen molar-refractivity contribution in [1.29, 1.82) is 0 Å². The van der Waals surface area contributed by atoms with E-state index in [0.29, 0.717) is 29.9 Å². The van der Waals surface area contributed by atoms with Gasteiger partial charge in [0.2, 0.25) is 0 Å². The molecular weight excluding hydrogens is 565 g/mol. The van der Waals surface area contributed by atoms with Gasteiger partial charge in [0.1, 0.15) is 17.7 Å². The molecule has 43 heavy (non-hydrogen) atoms. The van der Waals surface area contributed by atoms with Crippen LogP contribution in [-0.4, -0.2) is 48.4 Å². The normalized spacial score (nSPS) is 14.3. The van der Waals surface area contributed by atoms with Crippen LogP contribution < -0.4 is 10.6 Å². The highest BCUT2D eigenvalue weighted by atomic mass is 35.5. The maximum absolute atomic E-state index is 13.5. The largest absolute Gasteiger partial charge is 0.506 e. The number of carbonyl (C=O) groups is 1. The first-order valence-corrected chi connectivity index (χ1v) is 14.9. The predicted octanol–water partition coefficient (Wildman–Crippen LogP) is 7.03. The zero-order chi connectivity index (χ0) is 30.6. The van der Waals surface area contributed by atoms with E-state index < -0.39 is 11.9 Å². The quantitative estimate of drug-likeness (QED) is 0.144. The summed E-state index contributed by atoms with van der Waals surface area (Å²) < 4.78 is 19.3. The monoisotopic (exact) mass is 603 g/mol. The van der Waals surface area contributed by atoms with E-state index in [4.69, 9.17) is 16.3 Å². The lowest BCUT2D eigenvalue weighted by molar-refractivity contribution is 0.0528. The van der Waals surface area contributed by atoms with Crippen LogP contribution in [0.3, 0.4) is 0 Å². The first kappa shape index (κ1) is 32.0. The van der Waals surface area contributed by atoms with Crippen molar-refractivity contribution in [2.45, 2.75) is 38.3 Å². The van der Waals surface area contributed by atoms with Crippen LogP contribution in [0.25, 0.3) is 5.57 Å². The van der Waals surface area contributed by atoms with Gasteiger partial charge < -0.3 is 20.1 Å². The third-order valence-corrected chi connectivity index (χ3v) is 7.82. The number of ether oxygens (including phenoxy) is 1. The highest BCUT2D eigenvalue weighted by Crippen LogP contribution is 2.28. The van der Waals surface area contributed by atoms with E-state index in [1.165, 1.54) is 17.2 Å². The molecule has 1 aliphatic heterocycles. The van der Waals surface area contributed by atoms with E-state index in [1.807, 2.05) is 30.3 Å². The second-order valence-corrected chi connectivity index (χ2v) is 11.0. The SMILES string of the molecule is C=C/C=C(/NC(=O)OC1CCN(CCc2ccc(CCNCc3cc(F)cc(Cl)c3O)cc2)CC1)C(=C)c1ccccc1. The van der Waals surface area contributed by atoms with Gasteiger partial charge in [0.05, 0.1) is 10.7 Å². The number of benzene rings is 3. The van der Waals surface area contributed by atoms with E-state index >= 15 is 0 Å². The van der Waals surface area contributed by atoms with Crippen molar-refractivity contribution < 1.29 is 19.0 Å². The van der Waals surface area contributed by atoms with Gasteiger partial charge in [-0.05, 0) is 72.7 Å². The number of nitrogens with zero attached hydrogens (tertiary/aromatic N) is 1. The summed E-state index contributed by atoms with van der Waals surface area (Å²) in [6.07, 6.45) is 6.09. The molecule has 0 unspecified atom stereocenters. The number of nitrogens with one attached hydrogen (secondary N) is 2. The smallest absolute Gasteiger partial charge is 0.411 e. The Balaban J connectivity index is 1.13. The zero-order valence-corrected chi connectivity index (χ0v) is 25.1. The summed E-state index contributed by atoms with van der Waals surface area (Å²) in [6, 6.07) is 20.6. The molecule has 1 amide bonds. The van der Waals surface area contributed by atoms with Gasteiger partial charge in [-0.15, -0.1) is 0 Å². The van der Waals surface area contributed by atoms with E-state index in [2.05, 4.69) is 53.0 Å². The summed E-state index contributed by atoms with van der Waals surface area (Å²) in [4.78, 5) is 15.0. The van der Waals surface area contributed by atoms with E-state index in [9.17, 15) is 14.3 Å². The molecule has 3 N–H and O–H groups in total. The lowest BCUT2D eigenvalue weighted by Gasteiger charge is -2.31. The minimum atomic E-state index is -0.476. The van der Waals surface area contributed by atoms with Crippen LogP contribution in [0.2, 0.25) is 5.02 Å². The van der Waals surface area contributed by atoms with E-state index in [1.54, 1.807) is 12.2 Å². The summed E-state index contributed by atoms with van der Waals surface area (Å²) in [6.45, 7) is 11.6. The molecule has 0 aromatic heterocycles. The molecule has 1 saturated heterocycles. The summed E-state index contributed by atoms with van der Waals surface area (Å²) in [5, 5.41) is 16.1. The summed E-state index contributed by atoms with van der Waals surface area (Å²) in [5.74, 6) is -0.549. The van der Waals surface area contributed by atoms with Gasteiger partial charge in [0.15, 0.2) is 0 Å². The Kier molecular flexibility index (Phi) is 12.0. The third-order valence-electron chi connectivity index (χ3n) is 7.53. The lowest BCUT2D eigenvalue weighted by Crippen LogP contribution is -2.40. The Morgan fingerprint density at radius 1 is 1.07 bits per heavy atom. The summed E-state index contributed by atoms with van der Waals surface area (Å²) in [7, 11) is 0. The number of aromatic hydroxyl groups is 1. The fourth-order valence-corrected chi connectivity index (χ4v) is 5.27. The molecule has 3 aromatic carbocycles. The van der Waals surface area contributed by atoms with Crippen LogP contribution in [0.4, 0.5) is 9.18 Å². The molecule has 0 atom stereocenters. The number of likely N-dealkylation sites (tertiary alicyclic amines) is 1. The Bertz CT molecular complexity index is 1420. The van der Waals surface area contributed by atoms with E-state index in [0.717, 1.165) is 56.9 Å². The fourth-order valence-electron chi connectivity index (χ4n) is 5.04. The molecule has 1 heterocycles. The van der Waals surface area contributed by atoms with Gasteiger partial charge in [0, 0.05) is 31.7 Å². The van der Waals surface area contributed by atoms with Gasteiger partial charge in [-0.25, -0.2) is 9.18 Å². The van der Waals surface area contributed by atoms with Crippen LogP contribution in [0, 0.1) is 5.82 Å². The maximum atomic E-state index is 13.5. The van der Waals surface area contributed by atoms with Crippen molar-refractivity contribution in [2.75, 3.05) is 26.2 Å². The zero-order valence-electron chi connectivity index (χ0n) is 24.3. The number of allylic oxidation sites excluding steroid dienone is 3. The molecule has 0 radical (unpaired) electrons. The molecule has 6 nitrogen and oxygen atoms in total. The topological polar surface area (TPSA) is 73.8 Å². The molecule has 8 heteroatoms. The number of halogens is 2. The van der Waals surface area contributed by atoms with Gasteiger partial charge in [-0.1, -0.05) is 85.4 Å². The number of amides is 1. The summed E-state index contributed by atoms with van der Waals surface area (Å²) >= 11 is 5.84. The van der Waals surface area contributed by atoms with Crippen molar-refractivity contribution in [3.05, 3.63) is 131 Å². The van der Waals surface area contributed by atoms with Gasteiger partial charge in [0.25, 0.3) is 0 Å². The summed E-state index contributed by atoms with van der Waals surface area (Å²) in [5.41, 5.74) is 5.10. The number of phenolic OH excluding ortho intramolecular Hbond substituents is 1. The Labute approximate surface area is 258 Å². The van der Waals surface area contributed by atoms with Crippen LogP contribution in [0.5, 0.6) is 5.75 Å². The molecule has 226 valence electrons. The molecule has 0 aliphatic carbocycles. The number of alkyl carbamates (subject to hydrolysis) is 1. The number of hydrogen-bond donors (Lipinski definition) is 3. The molecule has 1 fully saturated rings. The number of piperidine rings is 1. The molecule has 3 aromatic rings. The van der Waals surface area contributed by atoms with Crippen LogP contribution in [0.1, 0.15) is 35.1 Å².